The molecule has 1 atom stereocenters. The van der Waals surface area contributed by atoms with E-state index in [2.05, 4.69) is 53.6 Å². The molecule has 0 aliphatic rings. The van der Waals surface area contributed by atoms with Gasteiger partial charge in [-0.05, 0) is 36.2 Å². The van der Waals surface area contributed by atoms with Crippen LogP contribution >= 0.6 is 12.6 Å². The summed E-state index contributed by atoms with van der Waals surface area (Å²) in [5.41, 5.74) is 3.54. The molecule has 0 bridgehead atoms. The van der Waals surface area contributed by atoms with Gasteiger partial charge in [0.2, 0.25) is 0 Å². The molecule has 2 aromatic carbocycles. The maximum atomic E-state index is 5.14. The topological polar surface area (TPSA) is 33.3 Å². The van der Waals surface area contributed by atoms with Crippen molar-refractivity contribution in [3.63, 3.8) is 0 Å². The first-order chi connectivity index (χ1) is 10.8. The minimum absolute atomic E-state index is 0.106. The third kappa shape index (κ3) is 4.26. The Morgan fingerprint density at radius 3 is 2.41 bits per heavy atom. The highest BCUT2D eigenvalue weighted by Crippen LogP contribution is 2.31. The zero-order chi connectivity index (χ0) is 15.8. The number of thiol groups is 1. The second-order valence-electron chi connectivity index (χ2n) is 5.13. The smallest absolute Gasteiger partial charge is 0.0608 e. The molecule has 4 heteroatoms. The summed E-state index contributed by atoms with van der Waals surface area (Å²) in [7, 11) is 3.68. The molecule has 2 aromatic rings. The van der Waals surface area contributed by atoms with Crippen LogP contribution in [0.5, 0.6) is 0 Å². The van der Waals surface area contributed by atoms with Crippen molar-refractivity contribution in [3.8, 4) is 0 Å². The van der Waals surface area contributed by atoms with E-state index >= 15 is 0 Å². The van der Waals surface area contributed by atoms with Crippen LogP contribution in [0.1, 0.15) is 23.6 Å². The highest BCUT2D eigenvalue weighted by atomic mass is 32.1. The first-order valence-electron chi connectivity index (χ1n) is 7.54. The number of ether oxygens (including phenoxy) is 1. The molecule has 0 amide bonds. The number of hydrogen-bond acceptors (Lipinski definition) is 4. The van der Waals surface area contributed by atoms with Crippen LogP contribution in [0, 0.1) is 0 Å². The van der Waals surface area contributed by atoms with Crippen LogP contribution in [0.3, 0.4) is 0 Å². The molecule has 1 unspecified atom stereocenters. The summed E-state index contributed by atoms with van der Waals surface area (Å²) >= 11 is 4.63. The predicted octanol–water partition coefficient (Wildman–Crippen LogP) is 3.73. The van der Waals surface area contributed by atoms with E-state index in [1.54, 1.807) is 7.11 Å². The number of para-hydroxylation sites is 1. The van der Waals surface area contributed by atoms with Gasteiger partial charge in [0.1, 0.15) is 0 Å². The van der Waals surface area contributed by atoms with Crippen molar-refractivity contribution in [1.82, 2.24) is 5.32 Å². The van der Waals surface area contributed by atoms with Crippen LogP contribution in [0.4, 0.5) is 5.69 Å². The molecule has 2 N–H and O–H groups in total. The van der Waals surface area contributed by atoms with Crippen LogP contribution in [0.15, 0.2) is 53.4 Å². The Morgan fingerprint density at radius 1 is 1.05 bits per heavy atom. The number of nitrogens with one attached hydrogen (secondary N) is 2. The quantitative estimate of drug-likeness (QED) is 0.513. The van der Waals surface area contributed by atoms with Crippen molar-refractivity contribution in [2.45, 2.75) is 17.4 Å². The second kappa shape index (κ2) is 8.83. The van der Waals surface area contributed by atoms with E-state index in [0.29, 0.717) is 0 Å². The first-order valence-corrected chi connectivity index (χ1v) is 7.99. The van der Waals surface area contributed by atoms with Crippen LogP contribution < -0.4 is 10.6 Å². The fraction of sp³-hybridized carbons (Fsp3) is 0.333. The third-order valence-electron chi connectivity index (χ3n) is 3.66. The molecule has 2 rings (SSSR count). The lowest BCUT2D eigenvalue weighted by molar-refractivity contribution is 0.193. The summed E-state index contributed by atoms with van der Waals surface area (Å²) in [6, 6.07) is 16.7. The Kier molecular flexibility index (Phi) is 6.77. The Hall–Kier alpha value is -1.49. The van der Waals surface area contributed by atoms with E-state index < -0.39 is 0 Å². The molecule has 0 radical (unpaired) electrons. The van der Waals surface area contributed by atoms with Crippen LogP contribution in [0.2, 0.25) is 0 Å². The summed E-state index contributed by atoms with van der Waals surface area (Å²) < 4.78 is 5.14. The van der Waals surface area contributed by atoms with Gasteiger partial charge in [-0.1, -0.05) is 36.4 Å². The zero-order valence-electron chi connectivity index (χ0n) is 13.2. The summed E-state index contributed by atoms with van der Waals surface area (Å²) in [4.78, 5) is 0.998. The number of methoxy groups -OCH3 is 1. The minimum Gasteiger partial charge on any atom is -0.388 e. The molecule has 118 valence electrons. The van der Waals surface area contributed by atoms with Gasteiger partial charge in [-0.25, -0.2) is 0 Å². The Balaban J connectivity index is 2.31. The number of anilines is 1. The summed E-state index contributed by atoms with van der Waals surface area (Å²) in [6.07, 6.45) is 0.976. The van der Waals surface area contributed by atoms with Gasteiger partial charge in [0, 0.05) is 31.3 Å². The SMILES string of the molecule is CNc1ccccc1C(NCCCOC)c1ccccc1S. The van der Waals surface area contributed by atoms with Crippen molar-refractivity contribution in [2.24, 2.45) is 0 Å². The summed E-state index contributed by atoms with van der Waals surface area (Å²) in [5.74, 6) is 0. The fourth-order valence-electron chi connectivity index (χ4n) is 2.56. The van der Waals surface area contributed by atoms with Crippen LogP contribution in [0.25, 0.3) is 0 Å². The Labute approximate surface area is 138 Å². The van der Waals surface area contributed by atoms with E-state index in [4.69, 9.17) is 4.74 Å². The van der Waals surface area contributed by atoms with Gasteiger partial charge in [0.25, 0.3) is 0 Å². The van der Waals surface area contributed by atoms with Crippen LogP contribution in [-0.4, -0.2) is 27.3 Å². The molecule has 0 spiro atoms. The van der Waals surface area contributed by atoms with Gasteiger partial charge in [-0.2, -0.15) is 0 Å². The molecule has 0 saturated heterocycles. The lowest BCUT2D eigenvalue weighted by Crippen LogP contribution is -2.25. The normalized spacial score (nSPS) is 12.1. The van der Waals surface area contributed by atoms with Crippen molar-refractivity contribution in [2.75, 3.05) is 32.6 Å². The van der Waals surface area contributed by atoms with E-state index in [-0.39, 0.29) is 6.04 Å². The monoisotopic (exact) mass is 316 g/mol. The molecule has 0 aliphatic carbocycles. The maximum absolute atomic E-state index is 5.14. The lowest BCUT2D eigenvalue weighted by atomic mass is 9.96. The Morgan fingerprint density at radius 2 is 1.73 bits per heavy atom. The van der Waals surface area contributed by atoms with Crippen molar-refractivity contribution in [1.29, 1.82) is 0 Å². The number of benzene rings is 2. The molecule has 0 aromatic heterocycles. The highest BCUT2D eigenvalue weighted by molar-refractivity contribution is 7.80. The Bertz CT molecular complexity index is 589. The molecule has 0 fully saturated rings. The number of hydrogen-bond donors (Lipinski definition) is 3. The van der Waals surface area contributed by atoms with E-state index in [0.717, 1.165) is 30.2 Å². The zero-order valence-corrected chi connectivity index (χ0v) is 14.1. The molecule has 0 heterocycles. The van der Waals surface area contributed by atoms with Crippen molar-refractivity contribution >= 4 is 18.3 Å². The largest absolute Gasteiger partial charge is 0.388 e. The molecular formula is C18H24N2OS. The van der Waals surface area contributed by atoms with Gasteiger partial charge in [-0.15, -0.1) is 12.6 Å². The van der Waals surface area contributed by atoms with Gasteiger partial charge in [0.05, 0.1) is 6.04 Å². The predicted molar refractivity (Wildman–Crippen MR) is 96.0 cm³/mol. The third-order valence-corrected chi connectivity index (χ3v) is 4.07. The molecular weight excluding hydrogens is 292 g/mol. The summed E-state index contributed by atoms with van der Waals surface area (Å²) in [5, 5.41) is 6.91. The van der Waals surface area contributed by atoms with Crippen LogP contribution in [-0.2, 0) is 4.74 Å². The summed E-state index contributed by atoms with van der Waals surface area (Å²) in [6.45, 7) is 1.65. The molecule has 0 aliphatic heterocycles. The van der Waals surface area contributed by atoms with Gasteiger partial charge >= 0.3 is 0 Å². The van der Waals surface area contributed by atoms with Gasteiger partial charge in [-0.3, -0.25) is 0 Å². The highest BCUT2D eigenvalue weighted by Gasteiger charge is 2.18. The minimum atomic E-state index is 0.106. The fourth-order valence-corrected chi connectivity index (χ4v) is 2.85. The standard InChI is InChI=1S/C18H24N2OS/c1-19-16-10-5-3-8-14(16)18(20-12-7-13-21-2)15-9-4-6-11-17(15)22/h3-6,8-11,18-20,22H,7,12-13H2,1-2H3. The van der Waals surface area contributed by atoms with Crippen molar-refractivity contribution < 1.29 is 4.74 Å². The maximum Gasteiger partial charge on any atom is 0.0608 e. The molecule has 3 nitrogen and oxygen atoms in total. The van der Waals surface area contributed by atoms with E-state index in [1.165, 1.54) is 11.1 Å². The lowest BCUT2D eigenvalue weighted by Gasteiger charge is -2.23. The second-order valence-corrected chi connectivity index (χ2v) is 5.61. The van der Waals surface area contributed by atoms with Gasteiger partial charge < -0.3 is 15.4 Å². The molecule has 0 saturated carbocycles. The number of rotatable bonds is 8. The van der Waals surface area contributed by atoms with Gasteiger partial charge in [0.15, 0.2) is 0 Å². The molecule has 22 heavy (non-hydrogen) atoms. The van der Waals surface area contributed by atoms with E-state index in [1.807, 2.05) is 25.2 Å². The average Bonchev–Trinajstić information content (AvgIpc) is 2.56. The van der Waals surface area contributed by atoms with Crippen molar-refractivity contribution in [3.05, 3.63) is 59.7 Å². The van der Waals surface area contributed by atoms with E-state index in [9.17, 15) is 0 Å². The average molecular weight is 316 g/mol. The first kappa shape index (κ1) is 16.9.